The lowest BCUT2D eigenvalue weighted by atomic mass is 10.3. The summed E-state index contributed by atoms with van der Waals surface area (Å²) >= 11 is 5.99. The average Bonchev–Trinajstić information content (AvgIpc) is 2.52. The first-order valence-electron chi connectivity index (χ1n) is 7.48. The number of hydrogen-bond donors (Lipinski definition) is 2. The van der Waals surface area contributed by atoms with Gasteiger partial charge in [0.25, 0.3) is 0 Å². The Balaban J connectivity index is 2.00. The van der Waals surface area contributed by atoms with Crippen molar-refractivity contribution in [3.8, 4) is 5.75 Å². The maximum absolute atomic E-state index is 12.2. The number of aromatic nitrogens is 1. The summed E-state index contributed by atoms with van der Waals surface area (Å²) in [6.07, 6.45) is -4.71. The topological polar surface area (TPSA) is 55.4 Å². The molecule has 0 amide bonds. The Morgan fingerprint density at radius 2 is 1.84 bits per heavy atom. The summed E-state index contributed by atoms with van der Waals surface area (Å²) < 4.78 is 45.5. The number of pyridine rings is 1. The third kappa shape index (κ3) is 7.06. The number of hydrogen-bond acceptors (Lipinski definition) is 5. The van der Waals surface area contributed by atoms with Crippen molar-refractivity contribution in [1.29, 1.82) is 0 Å². The standard InChI is InChI=1S/C16H17ClF3N3O2/c1-2-24-8-7-21-15-10-12(9-14(17)23-15)22-11-3-5-13(6-4-11)25-16(18,19)20/h3-6,9-10H,2,7-8H2,1H3,(H2,21,22,23). The van der Waals surface area contributed by atoms with Crippen LogP contribution in [0.1, 0.15) is 6.92 Å². The molecule has 25 heavy (non-hydrogen) atoms. The van der Waals surface area contributed by atoms with Crippen molar-refractivity contribution < 1.29 is 22.6 Å². The van der Waals surface area contributed by atoms with Crippen molar-refractivity contribution in [2.75, 3.05) is 30.4 Å². The molecule has 0 aliphatic rings. The van der Waals surface area contributed by atoms with Crippen LogP contribution in [0.25, 0.3) is 0 Å². The molecule has 1 aromatic carbocycles. The van der Waals surface area contributed by atoms with Gasteiger partial charge in [0.2, 0.25) is 0 Å². The molecule has 0 bridgehead atoms. The van der Waals surface area contributed by atoms with E-state index >= 15 is 0 Å². The second kappa shape index (κ2) is 8.77. The monoisotopic (exact) mass is 375 g/mol. The van der Waals surface area contributed by atoms with Crippen LogP contribution < -0.4 is 15.4 Å². The molecule has 0 aliphatic carbocycles. The number of nitrogens with zero attached hydrogens (tertiary/aromatic N) is 1. The van der Waals surface area contributed by atoms with Gasteiger partial charge in [-0.1, -0.05) is 11.6 Å². The van der Waals surface area contributed by atoms with Gasteiger partial charge in [0.05, 0.1) is 6.61 Å². The highest BCUT2D eigenvalue weighted by molar-refractivity contribution is 6.29. The fourth-order valence-corrected chi connectivity index (χ4v) is 2.17. The summed E-state index contributed by atoms with van der Waals surface area (Å²) in [7, 11) is 0. The zero-order chi connectivity index (χ0) is 18.3. The van der Waals surface area contributed by atoms with Crippen LogP contribution in [0.5, 0.6) is 5.75 Å². The second-order valence-corrected chi connectivity index (χ2v) is 5.27. The minimum atomic E-state index is -4.71. The van der Waals surface area contributed by atoms with Crippen LogP contribution in [-0.2, 0) is 4.74 Å². The first-order chi connectivity index (χ1) is 11.9. The first kappa shape index (κ1) is 19.1. The summed E-state index contributed by atoms with van der Waals surface area (Å²) in [4.78, 5) is 4.14. The third-order valence-electron chi connectivity index (χ3n) is 2.93. The molecule has 2 rings (SSSR count). The van der Waals surface area contributed by atoms with Gasteiger partial charge in [-0.05, 0) is 37.3 Å². The summed E-state index contributed by atoms with van der Waals surface area (Å²) in [5.41, 5.74) is 1.22. The van der Waals surface area contributed by atoms with Crippen molar-refractivity contribution in [2.24, 2.45) is 0 Å². The lowest BCUT2D eigenvalue weighted by Crippen LogP contribution is -2.16. The minimum Gasteiger partial charge on any atom is -0.406 e. The van der Waals surface area contributed by atoms with E-state index < -0.39 is 6.36 Å². The predicted molar refractivity (Wildman–Crippen MR) is 90.6 cm³/mol. The summed E-state index contributed by atoms with van der Waals surface area (Å²) in [6.45, 7) is 3.65. The number of ether oxygens (including phenoxy) is 2. The Hall–Kier alpha value is -2.19. The average molecular weight is 376 g/mol. The summed E-state index contributed by atoms with van der Waals surface area (Å²) in [5, 5.41) is 6.40. The van der Waals surface area contributed by atoms with Crippen LogP contribution in [-0.4, -0.2) is 31.1 Å². The van der Waals surface area contributed by atoms with E-state index in [0.717, 1.165) is 0 Å². The molecule has 0 unspecified atom stereocenters. The van der Waals surface area contributed by atoms with E-state index in [1.807, 2.05) is 6.92 Å². The molecule has 136 valence electrons. The van der Waals surface area contributed by atoms with Crippen LogP contribution in [0.15, 0.2) is 36.4 Å². The SMILES string of the molecule is CCOCCNc1cc(Nc2ccc(OC(F)(F)F)cc2)cc(Cl)n1. The molecule has 0 saturated heterocycles. The van der Waals surface area contributed by atoms with Crippen LogP contribution in [0, 0.1) is 0 Å². The molecule has 1 heterocycles. The van der Waals surface area contributed by atoms with Gasteiger partial charge in [-0.25, -0.2) is 4.98 Å². The molecule has 1 aromatic heterocycles. The van der Waals surface area contributed by atoms with E-state index in [9.17, 15) is 13.2 Å². The molecule has 0 spiro atoms. The van der Waals surface area contributed by atoms with Gasteiger partial charge in [0.15, 0.2) is 0 Å². The van der Waals surface area contributed by atoms with E-state index in [0.29, 0.717) is 37.0 Å². The van der Waals surface area contributed by atoms with Gasteiger partial charge in [-0.2, -0.15) is 0 Å². The molecule has 0 saturated carbocycles. The first-order valence-corrected chi connectivity index (χ1v) is 7.85. The van der Waals surface area contributed by atoms with Gasteiger partial charge in [-0.15, -0.1) is 13.2 Å². The molecule has 0 aliphatic heterocycles. The maximum atomic E-state index is 12.2. The van der Waals surface area contributed by atoms with E-state index in [1.54, 1.807) is 12.1 Å². The van der Waals surface area contributed by atoms with E-state index in [2.05, 4.69) is 20.4 Å². The number of benzene rings is 1. The van der Waals surface area contributed by atoms with Gasteiger partial charge < -0.3 is 20.1 Å². The quantitative estimate of drug-likeness (QED) is 0.511. The van der Waals surface area contributed by atoms with Gasteiger partial charge in [-0.3, -0.25) is 0 Å². The van der Waals surface area contributed by atoms with Crippen molar-refractivity contribution >= 4 is 28.8 Å². The number of anilines is 3. The van der Waals surface area contributed by atoms with Crippen molar-refractivity contribution in [2.45, 2.75) is 13.3 Å². The summed E-state index contributed by atoms with van der Waals surface area (Å²) in [5.74, 6) is 0.274. The highest BCUT2D eigenvalue weighted by Gasteiger charge is 2.30. The number of rotatable bonds is 8. The number of alkyl halides is 3. The Kier molecular flexibility index (Phi) is 6.72. The molecule has 0 atom stereocenters. The zero-order valence-electron chi connectivity index (χ0n) is 13.4. The van der Waals surface area contributed by atoms with Crippen molar-refractivity contribution in [1.82, 2.24) is 4.98 Å². The minimum absolute atomic E-state index is 0.279. The van der Waals surface area contributed by atoms with Crippen LogP contribution in [0.3, 0.4) is 0 Å². The lowest BCUT2D eigenvalue weighted by Gasteiger charge is -2.12. The fourth-order valence-electron chi connectivity index (χ4n) is 1.96. The number of halogens is 4. The van der Waals surface area contributed by atoms with Crippen molar-refractivity contribution in [3.63, 3.8) is 0 Å². The Labute approximate surface area is 148 Å². The predicted octanol–water partition coefficient (Wildman–Crippen LogP) is 4.83. The maximum Gasteiger partial charge on any atom is 0.573 e. The third-order valence-corrected chi connectivity index (χ3v) is 3.12. The van der Waals surface area contributed by atoms with Gasteiger partial charge >= 0.3 is 6.36 Å². The van der Waals surface area contributed by atoms with Crippen molar-refractivity contribution in [3.05, 3.63) is 41.6 Å². The second-order valence-electron chi connectivity index (χ2n) is 4.88. The lowest BCUT2D eigenvalue weighted by molar-refractivity contribution is -0.274. The molecular formula is C16H17ClF3N3O2. The normalized spacial score (nSPS) is 11.2. The van der Waals surface area contributed by atoms with E-state index in [1.165, 1.54) is 24.3 Å². The molecule has 9 heteroatoms. The molecule has 5 nitrogen and oxygen atoms in total. The molecule has 2 aromatic rings. The van der Waals surface area contributed by atoms with Gasteiger partial charge in [0, 0.05) is 30.6 Å². The Bertz CT molecular complexity index is 681. The van der Waals surface area contributed by atoms with E-state index in [-0.39, 0.29) is 10.9 Å². The molecule has 0 radical (unpaired) electrons. The Morgan fingerprint density at radius 3 is 2.48 bits per heavy atom. The number of nitrogens with one attached hydrogen (secondary N) is 2. The highest BCUT2D eigenvalue weighted by atomic mass is 35.5. The highest BCUT2D eigenvalue weighted by Crippen LogP contribution is 2.26. The van der Waals surface area contributed by atoms with E-state index in [4.69, 9.17) is 16.3 Å². The zero-order valence-corrected chi connectivity index (χ0v) is 14.1. The Morgan fingerprint density at radius 1 is 1.12 bits per heavy atom. The van der Waals surface area contributed by atoms with Crippen LogP contribution >= 0.6 is 11.6 Å². The van der Waals surface area contributed by atoms with Gasteiger partial charge in [0.1, 0.15) is 16.7 Å². The largest absolute Gasteiger partial charge is 0.573 e. The smallest absolute Gasteiger partial charge is 0.406 e. The summed E-state index contributed by atoms with van der Waals surface area (Å²) in [6, 6.07) is 8.72. The fraction of sp³-hybridized carbons (Fsp3) is 0.312. The van der Waals surface area contributed by atoms with Crippen LogP contribution in [0.4, 0.5) is 30.4 Å². The molecule has 2 N–H and O–H groups in total. The molecule has 0 fully saturated rings. The molecular weight excluding hydrogens is 359 g/mol. The van der Waals surface area contributed by atoms with Crippen LogP contribution in [0.2, 0.25) is 5.15 Å².